The molecule has 2 heterocycles. The van der Waals surface area contributed by atoms with Crippen LogP contribution in [0.1, 0.15) is 29.4 Å². The maximum atomic E-state index is 14.5. The lowest BCUT2D eigenvalue weighted by Crippen LogP contribution is -2.56. The van der Waals surface area contributed by atoms with E-state index in [0.717, 1.165) is 29.3 Å². The van der Waals surface area contributed by atoms with Gasteiger partial charge in [0.1, 0.15) is 24.1 Å². The van der Waals surface area contributed by atoms with Gasteiger partial charge in [-0.2, -0.15) is 0 Å². The number of amides is 1. The first kappa shape index (κ1) is 23.7. The minimum Gasteiger partial charge on any atom is -0.445 e. The molecular formula is C28H26F2N4O2. The van der Waals surface area contributed by atoms with E-state index in [-0.39, 0.29) is 23.9 Å². The Morgan fingerprint density at radius 2 is 1.72 bits per heavy atom. The molecule has 8 heteroatoms. The molecule has 1 aromatic heterocycles. The van der Waals surface area contributed by atoms with Crippen molar-refractivity contribution in [1.82, 2.24) is 14.5 Å². The van der Waals surface area contributed by atoms with Gasteiger partial charge in [0.15, 0.2) is 0 Å². The van der Waals surface area contributed by atoms with E-state index < -0.39 is 23.8 Å². The summed E-state index contributed by atoms with van der Waals surface area (Å²) in [7, 11) is 0. The summed E-state index contributed by atoms with van der Waals surface area (Å²) in [6.07, 6.45) is 1.92. The second-order valence-electron chi connectivity index (χ2n) is 8.84. The van der Waals surface area contributed by atoms with Gasteiger partial charge in [0.25, 0.3) is 0 Å². The number of carbonyl (C=O) groups excluding carboxylic acids is 1. The van der Waals surface area contributed by atoms with Crippen LogP contribution in [-0.2, 0) is 17.9 Å². The zero-order valence-corrected chi connectivity index (χ0v) is 19.6. The SMILES string of the molecule is NC(c1nc(-c2cc(F)ccc2F)cn1Cc1ccccc1)C1CCN1C(=O)OCc1ccccc1. The fourth-order valence-electron chi connectivity index (χ4n) is 4.41. The number of imidazole rings is 1. The molecule has 2 atom stereocenters. The molecule has 36 heavy (non-hydrogen) atoms. The van der Waals surface area contributed by atoms with Crippen molar-refractivity contribution in [2.45, 2.75) is 31.7 Å². The van der Waals surface area contributed by atoms with Crippen LogP contribution < -0.4 is 5.73 Å². The summed E-state index contributed by atoms with van der Waals surface area (Å²) in [6.45, 7) is 1.14. The number of hydrogen-bond acceptors (Lipinski definition) is 4. The minimum atomic E-state index is -0.642. The number of nitrogens with two attached hydrogens (primary N) is 1. The number of hydrogen-bond donors (Lipinski definition) is 1. The van der Waals surface area contributed by atoms with Gasteiger partial charge in [0, 0.05) is 24.8 Å². The Morgan fingerprint density at radius 3 is 2.39 bits per heavy atom. The number of carbonyl (C=O) groups is 1. The average molecular weight is 489 g/mol. The fourth-order valence-corrected chi connectivity index (χ4v) is 4.41. The number of aromatic nitrogens is 2. The van der Waals surface area contributed by atoms with Crippen molar-refractivity contribution in [2.24, 2.45) is 5.73 Å². The largest absolute Gasteiger partial charge is 0.445 e. The highest BCUT2D eigenvalue weighted by atomic mass is 19.1. The lowest BCUT2D eigenvalue weighted by molar-refractivity contribution is 0.0332. The Bertz CT molecular complexity index is 1340. The van der Waals surface area contributed by atoms with E-state index in [2.05, 4.69) is 4.98 Å². The molecule has 1 aliphatic rings. The van der Waals surface area contributed by atoms with Crippen molar-refractivity contribution in [3.8, 4) is 11.3 Å². The van der Waals surface area contributed by atoms with Gasteiger partial charge in [-0.25, -0.2) is 18.6 Å². The normalized spacial score (nSPS) is 15.9. The first-order chi connectivity index (χ1) is 17.5. The van der Waals surface area contributed by atoms with Gasteiger partial charge in [-0.05, 0) is 35.7 Å². The van der Waals surface area contributed by atoms with Crippen LogP contribution in [0.5, 0.6) is 0 Å². The smallest absolute Gasteiger partial charge is 0.410 e. The third-order valence-corrected chi connectivity index (χ3v) is 6.43. The van der Waals surface area contributed by atoms with Crippen molar-refractivity contribution < 1.29 is 18.3 Å². The Kier molecular flexibility index (Phi) is 6.77. The van der Waals surface area contributed by atoms with Crippen LogP contribution in [0.4, 0.5) is 13.6 Å². The summed E-state index contributed by atoms with van der Waals surface area (Å²) in [6, 6.07) is 21.5. The second-order valence-corrected chi connectivity index (χ2v) is 8.84. The van der Waals surface area contributed by atoms with Gasteiger partial charge in [0.2, 0.25) is 0 Å². The number of rotatable bonds is 7. The summed E-state index contributed by atoms with van der Waals surface area (Å²) >= 11 is 0. The number of nitrogens with zero attached hydrogens (tertiary/aromatic N) is 3. The summed E-state index contributed by atoms with van der Waals surface area (Å²) < 4.78 is 35.8. The lowest BCUT2D eigenvalue weighted by Gasteiger charge is -2.42. The Labute approximate surface area is 207 Å². The molecule has 2 N–H and O–H groups in total. The Balaban J connectivity index is 1.40. The molecule has 1 fully saturated rings. The van der Waals surface area contributed by atoms with Gasteiger partial charge < -0.3 is 19.9 Å². The van der Waals surface area contributed by atoms with Crippen LogP contribution in [0.15, 0.2) is 85.1 Å². The van der Waals surface area contributed by atoms with E-state index in [1.807, 2.05) is 65.2 Å². The van der Waals surface area contributed by atoms with Gasteiger partial charge in [0.05, 0.1) is 17.8 Å². The zero-order valence-electron chi connectivity index (χ0n) is 19.6. The molecule has 0 radical (unpaired) electrons. The second kappa shape index (κ2) is 10.3. The van der Waals surface area contributed by atoms with Crippen molar-refractivity contribution in [3.05, 3.63) is 114 Å². The third kappa shape index (κ3) is 4.99. The molecule has 0 aliphatic carbocycles. The van der Waals surface area contributed by atoms with Crippen LogP contribution >= 0.6 is 0 Å². The standard InChI is InChI=1S/C28H26F2N4O2/c29-21-11-12-23(30)22(15-21)24-17-33(16-19-7-3-1-4-8-19)27(32-24)26(31)25-13-14-34(25)28(35)36-18-20-9-5-2-6-10-20/h1-12,15,17,25-26H,13-14,16,18,31H2. The maximum absolute atomic E-state index is 14.5. The highest BCUT2D eigenvalue weighted by Gasteiger charge is 2.40. The topological polar surface area (TPSA) is 73.4 Å². The van der Waals surface area contributed by atoms with Crippen LogP contribution in [0, 0.1) is 11.6 Å². The summed E-state index contributed by atoms with van der Waals surface area (Å²) in [5.74, 6) is -0.639. The summed E-state index contributed by atoms with van der Waals surface area (Å²) in [5, 5.41) is 0. The molecular weight excluding hydrogens is 462 g/mol. The predicted octanol–water partition coefficient (Wildman–Crippen LogP) is 5.29. The number of ether oxygens (including phenoxy) is 1. The van der Waals surface area contributed by atoms with Crippen molar-refractivity contribution >= 4 is 6.09 Å². The molecule has 3 aromatic carbocycles. The molecule has 1 amide bonds. The summed E-state index contributed by atoms with van der Waals surface area (Å²) in [5.41, 5.74) is 8.89. The lowest BCUT2D eigenvalue weighted by atomic mass is 9.95. The molecule has 1 aliphatic heterocycles. The molecule has 2 unspecified atom stereocenters. The zero-order chi connectivity index (χ0) is 25.1. The van der Waals surface area contributed by atoms with Gasteiger partial charge >= 0.3 is 6.09 Å². The third-order valence-electron chi connectivity index (χ3n) is 6.43. The number of benzene rings is 3. The van der Waals surface area contributed by atoms with Crippen LogP contribution in [0.3, 0.4) is 0 Å². The molecule has 6 nitrogen and oxygen atoms in total. The molecule has 0 spiro atoms. The van der Waals surface area contributed by atoms with Gasteiger partial charge in [-0.3, -0.25) is 0 Å². The average Bonchev–Trinajstić information content (AvgIpc) is 3.28. The van der Waals surface area contributed by atoms with Crippen molar-refractivity contribution in [3.63, 3.8) is 0 Å². The summed E-state index contributed by atoms with van der Waals surface area (Å²) in [4.78, 5) is 19.0. The molecule has 4 aromatic rings. The van der Waals surface area contributed by atoms with E-state index in [1.54, 1.807) is 11.1 Å². The first-order valence-corrected chi connectivity index (χ1v) is 11.8. The highest BCUT2D eigenvalue weighted by Crippen LogP contribution is 2.32. The number of likely N-dealkylation sites (tertiary alicyclic amines) is 1. The quantitative estimate of drug-likeness (QED) is 0.384. The molecule has 5 rings (SSSR count). The van der Waals surface area contributed by atoms with E-state index in [4.69, 9.17) is 10.5 Å². The van der Waals surface area contributed by atoms with E-state index in [1.165, 1.54) is 0 Å². The highest BCUT2D eigenvalue weighted by molar-refractivity contribution is 5.69. The monoisotopic (exact) mass is 488 g/mol. The van der Waals surface area contributed by atoms with Crippen molar-refractivity contribution in [2.75, 3.05) is 6.54 Å². The van der Waals surface area contributed by atoms with Gasteiger partial charge in [-0.15, -0.1) is 0 Å². The molecule has 1 saturated heterocycles. The van der Waals surface area contributed by atoms with E-state index in [9.17, 15) is 13.6 Å². The Morgan fingerprint density at radius 1 is 1.03 bits per heavy atom. The molecule has 184 valence electrons. The van der Waals surface area contributed by atoms with Gasteiger partial charge in [-0.1, -0.05) is 60.7 Å². The van der Waals surface area contributed by atoms with Crippen molar-refractivity contribution in [1.29, 1.82) is 0 Å². The van der Waals surface area contributed by atoms with E-state index in [0.29, 0.717) is 25.3 Å². The van der Waals surface area contributed by atoms with E-state index >= 15 is 0 Å². The predicted molar refractivity (Wildman–Crippen MR) is 132 cm³/mol. The van der Waals surface area contributed by atoms with Crippen LogP contribution in [-0.4, -0.2) is 33.1 Å². The fraction of sp³-hybridized carbons (Fsp3) is 0.214. The van der Waals surface area contributed by atoms with Crippen LogP contribution in [0.2, 0.25) is 0 Å². The Hall–Kier alpha value is -4.04. The molecule has 0 bridgehead atoms. The number of halogens is 2. The molecule has 0 saturated carbocycles. The maximum Gasteiger partial charge on any atom is 0.410 e. The first-order valence-electron chi connectivity index (χ1n) is 11.8. The minimum absolute atomic E-state index is 0.0583. The van der Waals surface area contributed by atoms with Crippen LogP contribution in [0.25, 0.3) is 11.3 Å².